The summed E-state index contributed by atoms with van der Waals surface area (Å²) >= 11 is 0. The number of likely N-dealkylation sites (tertiary alicyclic amines) is 1. The third-order valence-electron chi connectivity index (χ3n) is 5.25. The summed E-state index contributed by atoms with van der Waals surface area (Å²) in [5, 5.41) is 20.3. The monoisotopic (exact) mass is 359 g/mol. The van der Waals surface area contributed by atoms with Crippen molar-refractivity contribution in [2.24, 2.45) is 5.41 Å². The zero-order valence-electron chi connectivity index (χ0n) is 15.1. The summed E-state index contributed by atoms with van der Waals surface area (Å²) in [7, 11) is 1.61. The summed E-state index contributed by atoms with van der Waals surface area (Å²) in [5.41, 5.74) is 1.61. The Labute approximate surface area is 153 Å². The first kappa shape index (κ1) is 18.7. The largest absolute Gasteiger partial charge is 0.508 e. The fourth-order valence-electron chi connectivity index (χ4n) is 3.87. The number of phenols is 1. The molecule has 0 aliphatic carbocycles. The molecule has 2 aromatic carbocycles. The number of hydrogen-bond acceptors (Lipinski definition) is 4. The molecule has 0 spiro atoms. The van der Waals surface area contributed by atoms with Gasteiger partial charge in [-0.2, -0.15) is 0 Å². The van der Waals surface area contributed by atoms with Gasteiger partial charge in [-0.15, -0.1) is 0 Å². The van der Waals surface area contributed by atoms with Crippen molar-refractivity contribution in [3.63, 3.8) is 0 Å². The van der Waals surface area contributed by atoms with E-state index in [-0.39, 0.29) is 23.6 Å². The van der Waals surface area contributed by atoms with Crippen LogP contribution in [0.3, 0.4) is 0 Å². The SMILES string of the molecule is COc1ccc(O)c(CN2CCC[C@@](CO)(Cc3ccc(F)cc3)C2)c1. The average molecular weight is 359 g/mol. The van der Waals surface area contributed by atoms with Crippen LogP contribution in [-0.2, 0) is 13.0 Å². The van der Waals surface area contributed by atoms with Crippen molar-refractivity contribution in [3.8, 4) is 11.5 Å². The van der Waals surface area contributed by atoms with Crippen LogP contribution in [0.4, 0.5) is 4.39 Å². The molecule has 5 heteroatoms. The van der Waals surface area contributed by atoms with Gasteiger partial charge >= 0.3 is 0 Å². The number of aliphatic hydroxyl groups is 1. The number of piperidine rings is 1. The van der Waals surface area contributed by atoms with Crippen LogP contribution in [0.2, 0.25) is 0 Å². The molecule has 2 aromatic rings. The molecule has 0 aromatic heterocycles. The lowest BCUT2D eigenvalue weighted by atomic mass is 9.75. The van der Waals surface area contributed by atoms with Crippen LogP contribution in [0.1, 0.15) is 24.0 Å². The van der Waals surface area contributed by atoms with Crippen LogP contribution < -0.4 is 4.74 Å². The molecule has 3 rings (SSSR count). The van der Waals surface area contributed by atoms with E-state index in [9.17, 15) is 14.6 Å². The highest BCUT2D eigenvalue weighted by Crippen LogP contribution is 2.35. The maximum Gasteiger partial charge on any atom is 0.123 e. The number of halogens is 1. The van der Waals surface area contributed by atoms with Gasteiger partial charge in [-0.1, -0.05) is 12.1 Å². The smallest absolute Gasteiger partial charge is 0.123 e. The molecule has 1 heterocycles. The molecule has 0 radical (unpaired) electrons. The summed E-state index contributed by atoms with van der Waals surface area (Å²) < 4.78 is 18.4. The third kappa shape index (κ3) is 4.34. The topological polar surface area (TPSA) is 52.9 Å². The first-order valence-electron chi connectivity index (χ1n) is 8.97. The molecule has 4 nitrogen and oxygen atoms in total. The lowest BCUT2D eigenvalue weighted by Crippen LogP contribution is -2.46. The first-order valence-corrected chi connectivity index (χ1v) is 8.97. The van der Waals surface area contributed by atoms with Crippen LogP contribution >= 0.6 is 0 Å². The summed E-state index contributed by atoms with van der Waals surface area (Å²) in [6, 6.07) is 11.8. The molecule has 1 saturated heterocycles. The van der Waals surface area contributed by atoms with Gasteiger partial charge in [0.05, 0.1) is 13.7 Å². The molecule has 0 unspecified atom stereocenters. The van der Waals surface area contributed by atoms with Crippen molar-refractivity contribution in [3.05, 3.63) is 59.4 Å². The quantitative estimate of drug-likeness (QED) is 0.830. The van der Waals surface area contributed by atoms with Crippen LogP contribution in [0, 0.1) is 11.2 Å². The molecule has 140 valence electrons. The van der Waals surface area contributed by atoms with E-state index in [2.05, 4.69) is 4.90 Å². The molecular formula is C21H26FNO3. The minimum absolute atomic E-state index is 0.0883. The Hall–Kier alpha value is -2.11. The van der Waals surface area contributed by atoms with E-state index >= 15 is 0 Å². The van der Waals surface area contributed by atoms with Gasteiger partial charge in [0.2, 0.25) is 0 Å². The Morgan fingerprint density at radius 2 is 1.96 bits per heavy atom. The fourth-order valence-corrected chi connectivity index (χ4v) is 3.87. The molecule has 0 amide bonds. The minimum atomic E-state index is -0.245. The van der Waals surface area contributed by atoms with Gasteiger partial charge < -0.3 is 14.9 Å². The van der Waals surface area contributed by atoms with Crippen LogP contribution in [0.15, 0.2) is 42.5 Å². The van der Waals surface area contributed by atoms with Gasteiger partial charge in [0.25, 0.3) is 0 Å². The first-order chi connectivity index (χ1) is 12.5. The van der Waals surface area contributed by atoms with E-state index in [4.69, 9.17) is 4.74 Å². The molecule has 1 aliphatic rings. The summed E-state index contributed by atoms with van der Waals surface area (Å²) in [6.07, 6.45) is 2.62. The number of methoxy groups -OCH3 is 1. The second kappa shape index (κ2) is 8.06. The number of rotatable bonds is 6. The van der Waals surface area contributed by atoms with Crippen molar-refractivity contribution >= 4 is 0 Å². The van der Waals surface area contributed by atoms with E-state index in [1.165, 1.54) is 12.1 Å². The molecule has 1 fully saturated rings. The van der Waals surface area contributed by atoms with E-state index < -0.39 is 0 Å². The third-order valence-corrected chi connectivity index (χ3v) is 5.25. The Bertz CT molecular complexity index is 735. The Morgan fingerprint density at radius 3 is 2.65 bits per heavy atom. The van der Waals surface area contributed by atoms with Crippen molar-refractivity contribution in [1.82, 2.24) is 4.90 Å². The van der Waals surface area contributed by atoms with E-state index in [1.807, 2.05) is 6.07 Å². The van der Waals surface area contributed by atoms with E-state index in [0.717, 1.165) is 42.8 Å². The van der Waals surface area contributed by atoms with E-state index in [0.29, 0.717) is 13.0 Å². The number of aliphatic hydroxyl groups excluding tert-OH is 1. The Kier molecular flexibility index (Phi) is 5.79. The summed E-state index contributed by atoms with van der Waals surface area (Å²) in [5.74, 6) is 0.726. The lowest BCUT2D eigenvalue weighted by molar-refractivity contribution is 0.0285. The van der Waals surface area contributed by atoms with Gasteiger partial charge in [0.15, 0.2) is 0 Å². The summed E-state index contributed by atoms with van der Waals surface area (Å²) in [6.45, 7) is 2.35. The maximum absolute atomic E-state index is 13.2. The highest BCUT2D eigenvalue weighted by atomic mass is 19.1. The van der Waals surface area contributed by atoms with Crippen LogP contribution in [0.25, 0.3) is 0 Å². The van der Waals surface area contributed by atoms with Crippen LogP contribution in [0.5, 0.6) is 11.5 Å². The maximum atomic E-state index is 13.2. The molecule has 1 atom stereocenters. The number of ether oxygens (including phenoxy) is 1. The van der Waals surface area contributed by atoms with Crippen molar-refractivity contribution in [1.29, 1.82) is 0 Å². The molecule has 2 N–H and O–H groups in total. The Balaban J connectivity index is 1.73. The minimum Gasteiger partial charge on any atom is -0.508 e. The normalized spacial score (nSPS) is 20.9. The highest BCUT2D eigenvalue weighted by molar-refractivity contribution is 5.39. The molecule has 26 heavy (non-hydrogen) atoms. The van der Waals surface area contributed by atoms with E-state index in [1.54, 1.807) is 31.4 Å². The zero-order valence-corrected chi connectivity index (χ0v) is 15.1. The molecule has 1 aliphatic heterocycles. The van der Waals surface area contributed by atoms with Gasteiger partial charge in [-0.05, 0) is 61.7 Å². The highest BCUT2D eigenvalue weighted by Gasteiger charge is 2.35. The summed E-state index contributed by atoms with van der Waals surface area (Å²) in [4.78, 5) is 2.26. The predicted octanol–water partition coefficient (Wildman–Crippen LogP) is 3.36. The van der Waals surface area contributed by atoms with Gasteiger partial charge in [0, 0.05) is 24.1 Å². The standard InChI is InChI=1S/C21H26FNO3/c1-26-19-7-8-20(25)17(11-19)13-23-10-2-9-21(14-23,15-24)12-16-3-5-18(22)6-4-16/h3-8,11,24-25H,2,9-10,12-15H2,1H3/t21-/m1/s1. The number of nitrogens with zero attached hydrogens (tertiary/aromatic N) is 1. The number of hydrogen-bond donors (Lipinski definition) is 2. The van der Waals surface area contributed by atoms with Crippen molar-refractivity contribution in [2.75, 3.05) is 26.8 Å². The molecular weight excluding hydrogens is 333 g/mol. The number of aromatic hydroxyl groups is 1. The van der Waals surface area contributed by atoms with Gasteiger partial charge in [-0.3, -0.25) is 4.90 Å². The van der Waals surface area contributed by atoms with Crippen molar-refractivity contribution < 1.29 is 19.3 Å². The number of phenolic OH excluding ortho intramolecular Hbond substituents is 1. The second-order valence-electron chi connectivity index (χ2n) is 7.27. The van der Waals surface area contributed by atoms with Crippen LogP contribution in [-0.4, -0.2) is 41.9 Å². The predicted molar refractivity (Wildman–Crippen MR) is 98.8 cm³/mol. The molecule has 0 bridgehead atoms. The Morgan fingerprint density at radius 1 is 1.19 bits per heavy atom. The second-order valence-corrected chi connectivity index (χ2v) is 7.27. The van der Waals surface area contributed by atoms with Crippen molar-refractivity contribution in [2.45, 2.75) is 25.8 Å². The molecule has 0 saturated carbocycles. The fraction of sp³-hybridized carbons (Fsp3) is 0.429. The lowest BCUT2D eigenvalue weighted by Gasteiger charge is -2.42. The number of benzene rings is 2. The van der Waals surface area contributed by atoms with Gasteiger partial charge in [-0.25, -0.2) is 4.39 Å². The average Bonchev–Trinajstić information content (AvgIpc) is 2.66. The van der Waals surface area contributed by atoms with Gasteiger partial charge in [0.1, 0.15) is 17.3 Å². The zero-order chi connectivity index (χ0) is 18.6.